The summed E-state index contributed by atoms with van der Waals surface area (Å²) in [7, 11) is 0. The Kier molecular flexibility index (Phi) is 4.26. The number of rotatable bonds is 5. The molecule has 1 unspecified atom stereocenters. The number of nitrogens with zero attached hydrogens (tertiary/aromatic N) is 2. The molecule has 1 aliphatic heterocycles. The van der Waals surface area contributed by atoms with E-state index in [1.54, 1.807) is 0 Å². The molecule has 1 aromatic heterocycles. The van der Waals surface area contributed by atoms with Gasteiger partial charge in [0.1, 0.15) is 17.4 Å². The highest BCUT2D eigenvalue weighted by Gasteiger charge is 2.28. The molecule has 3 nitrogen and oxygen atoms in total. The summed E-state index contributed by atoms with van der Waals surface area (Å²) in [5.41, 5.74) is 1.12. The van der Waals surface area contributed by atoms with Crippen molar-refractivity contribution in [1.82, 2.24) is 9.88 Å². The van der Waals surface area contributed by atoms with E-state index in [2.05, 4.69) is 29.2 Å². The van der Waals surface area contributed by atoms with Crippen LogP contribution in [0.15, 0.2) is 54.6 Å². The Morgan fingerprint density at radius 1 is 1.09 bits per heavy atom. The zero-order chi connectivity index (χ0) is 15.5. The summed E-state index contributed by atoms with van der Waals surface area (Å²) in [6.45, 7) is 2.82. The van der Waals surface area contributed by atoms with Crippen LogP contribution in [0.5, 0.6) is 5.75 Å². The molecule has 3 aromatic rings. The first-order chi connectivity index (χ1) is 11.4. The van der Waals surface area contributed by atoms with Crippen LogP contribution in [0.3, 0.4) is 0 Å². The minimum atomic E-state index is 0.451. The number of hydrogen-bond acceptors (Lipinski definition) is 4. The maximum Gasteiger partial charge on any atom is 0.119 e. The summed E-state index contributed by atoms with van der Waals surface area (Å²) in [5.74, 6) is 0.947. The van der Waals surface area contributed by atoms with E-state index in [-0.39, 0.29) is 0 Å². The van der Waals surface area contributed by atoms with Gasteiger partial charge in [-0.15, -0.1) is 11.3 Å². The molecule has 4 heteroatoms. The number of aromatic nitrogens is 1. The lowest BCUT2D eigenvalue weighted by atomic mass is 10.2. The predicted octanol–water partition coefficient (Wildman–Crippen LogP) is 4.51. The number of ether oxygens (including phenoxy) is 1. The number of thiazole rings is 1. The molecule has 1 saturated heterocycles. The normalized spacial score (nSPS) is 18.5. The Balaban J connectivity index is 1.42. The van der Waals surface area contributed by atoms with E-state index >= 15 is 0 Å². The van der Waals surface area contributed by atoms with E-state index in [0.29, 0.717) is 6.04 Å². The minimum Gasteiger partial charge on any atom is -0.492 e. The SMILES string of the molecule is c1ccc(OCCN2CCCC2c2nc3ccccc3s2)cc1. The fraction of sp³-hybridized carbons (Fsp3) is 0.316. The number of likely N-dealkylation sites (tertiary alicyclic amines) is 1. The van der Waals surface area contributed by atoms with Gasteiger partial charge in [0, 0.05) is 6.54 Å². The molecular weight excluding hydrogens is 304 g/mol. The molecule has 0 N–H and O–H groups in total. The monoisotopic (exact) mass is 324 g/mol. The van der Waals surface area contributed by atoms with Crippen LogP contribution in [0.1, 0.15) is 23.9 Å². The highest BCUT2D eigenvalue weighted by Crippen LogP contribution is 2.36. The molecule has 0 amide bonds. The summed E-state index contributed by atoms with van der Waals surface area (Å²) in [6, 6.07) is 18.9. The largest absolute Gasteiger partial charge is 0.492 e. The van der Waals surface area contributed by atoms with Crippen molar-refractivity contribution in [1.29, 1.82) is 0 Å². The lowest BCUT2D eigenvalue weighted by Crippen LogP contribution is -2.28. The smallest absolute Gasteiger partial charge is 0.119 e. The van der Waals surface area contributed by atoms with Crippen molar-refractivity contribution >= 4 is 21.6 Å². The Morgan fingerprint density at radius 2 is 1.91 bits per heavy atom. The number of para-hydroxylation sites is 2. The molecule has 0 spiro atoms. The van der Waals surface area contributed by atoms with Crippen LogP contribution in [-0.2, 0) is 0 Å². The van der Waals surface area contributed by atoms with Crippen LogP contribution in [0.2, 0.25) is 0 Å². The van der Waals surface area contributed by atoms with Gasteiger partial charge in [-0.25, -0.2) is 4.98 Å². The van der Waals surface area contributed by atoms with Crippen LogP contribution >= 0.6 is 11.3 Å². The average molecular weight is 324 g/mol. The number of hydrogen-bond donors (Lipinski definition) is 0. The Morgan fingerprint density at radius 3 is 2.78 bits per heavy atom. The van der Waals surface area contributed by atoms with Gasteiger partial charge >= 0.3 is 0 Å². The molecule has 118 valence electrons. The number of fused-ring (bicyclic) bond motifs is 1. The summed E-state index contributed by atoms with van der Waals surface area (Å²) in [4.78, 5) is 7.36. The van der Waals surface area contributed by atoms with E-state index in [4.69, 9.17) is 9.72 Å². The second-order valence-electron chi connectivity index (χ2n) is 5.88. The van der Waals surface area contributed by atoms with Crippen molar-refractivity contribution in [2.45, 2.75) is 18.9 Å². The number of benzene rings is 2. The van der Waals surface area contributed by atoms with Gasteiger partial charge in [0.05, 0.1) is 16.3 Å². The third-order valence-corrected chi connectivity index (χ3v) is 5.49. The van der Waals surface area contributed by atoms with E-state index in [1.807, 2.05) is 41.7 Å². The minimum absolute atomic E-state index is 0.451. The molecule has 23 heavy (non-hydrogen) atoms. The van der Waals surface area contributed by atoms with Gasteiger partial charge in [0.15, 0.2) is 0 Å². The average Bonchev–Trinajstić information content (AvgIpc) is 3.21. The van der Waals surface area contributed by atoms with E-state index in [0.717, 1.165) is 31.0 Å². The van der Waals surface area contributed by atoms with Crippen LogP contribution in [0.4, 0.5) is 0 Å². The summed E-state index contributed by atoms with van der Waals surface area (Å²) < 4.78 is 7.14. The molecule has 1 atom stereocenters. The van der Waals surface area contributed by atoms with Gasteiger partial charge in [0.25, 0.3) is 0 Å². The highest BCUT2D eigenvalue weighted by atomic mass is 32.1. The molecule has 4 rings (SSSR count). The summed E-state index contributed by atoms with van der Waals surface area (Å²) >= 11 is 1.83. The van der Waals surface area contributed by atoms with Crippen LogP contribution in [0, 0.1) is 0 Å². The molecule has 2 aromatic carbocycles. The third-order valence-electron chi connectivity index (χ3n) is 4.35. The van der Waals surface area contributed by atoms with Crippen LogP contribution in [0.25, 0.3) is 10.2 Å². The van der Waals surface area contributed by atoms with Crippen molar-refractivity contribution in [2.24, 2.45) is 0 Å². The zero-order valence-corrected chi connectivity index (χ0v) is 13.8. The lowest BCUT2D eigenvalue weighted by molar-refractivity contribution is 0.197. The first-order valence-corrected chi connectivity index (χ1v) is 8.99. The first-order valence-electron chi connectivity index (χ1n) is 8.17. The standard InChI is InChI=1S/C19H20N2OS/c1-2-7-15(8-3-1)22-14-13-21-12-6-10-17(21)19-20-16-9-4-5-11-18(16)23-19/h1-5,7-9,11,17H,6,10,12-14H2. The Labute approximate surface area is 140 Å². The summed E-state index contributed by atoms with van der Waals surface area (Å²) in [6.07, 6.45) is 2.44. The molecular formula is C19H20N2OS. The first kappa shape index (κ1) is 14.7. The molecule has 1 aliphatic rings. The maximum atomic E-state index is 5.85. The second kappa shape index (κ2) is 6.69. The molecule has 0 aliphatic carbocycles. The maximum absolute atomic E-state index is 5.85. The molecule has 2 heterocycles. The van der Waals surface area contributed by atoms with E-state index < -0.39 is 0 Å². The second-order valence-corrected chi connectivity index (χ2v) is 6.94. The van der Waals surface area contributed by atoms with Gasteiger partial charge in [-0.05, 0) is 43.7 Å². The third kappa shape index (κ3) is 3.23. The Hall–Kier alpha value is -1.91. The van der Waals surface area contributed by atoms with Gasteiger partial charge in [-0.1, -0.05) is 30.3 Å². The van der Waals surface area contributed by atoms with Crippen molar-refractivity contribution in [3.05, 3.63) is 59.6 Å². The highest BCUT2D eigenvalue weighted by molar-refractivity contribution is 7.18. The fourth-order valence-corrected chi connectivity index (χ4v) is 4.34. The molecule has 0 radical (unpaired) electrons. The van der Waals surface area contributed by atoms with Crippen LogP contribution < -0.4 is 4.74 Å². The zero-order valence-electron chi connectivity index (χ0n) is 13.0. The topological polar surface area (TPSA) is 25.4 Å². The van der Waals surface area contributed by atoms with Gasteiger partial charge in [-0.2, -0.15) is 0 Å². The van der Waals surface area contributed by atoms with E-state index in [9.17, 15) is 0 Å². The quantitative estimate of drug-likeness (QED) is 0.690. The molecule has 0 bridgehead atoms. The molecule has 0 saturated carbocycles. The van der Waals surface area contributed by atoms with Crippen molar-refractivity contribution in [3.63, 3.8) is 0 Å². The van der Waals surface area contributed by atoms with Crippen molar-refractivity contribution < 1.29 is 4.74 Å². The van der Waals surface area contributed by atoms with E-state index in [1.165, 1.54) is 22.5 Å². The fourth-order valence-electron chi connectivity index (χ4n) is 3.20. The van der Waals surface area contributed by atoms with Gasteiger partial charge < -0.3 is 4.74 Å². The van der Waals surface area contributed by atoms with Crippen LogP contribution in [-0.4, -0.2) is 29.6 Å². The van der Waals surface area contributed by atoms with Crippen molar-refractivity contribution in [3.8, 4) is 5.75 Å². The van der Waals surface area contributed by atoms with Gasteiger partial charge in [-0.3, -0.25) is 4.90 Å². The van der Waals surface area contributed by atoms with Crippen molar-refractivity contribution in [2.75, 3.05) is 19.7 Å². The van der Waals surface area contributed by atoms with Gasteiger partial charge in [0.2, 0.25) is 0 Å². The lowest BCUT2D eigenvalue weighted by Gasteiger charge is -2.22. The predicted molar refractivity (Wildman–Crippen MR) is 95.1 cm³/mol. The Bertz CT molecular complexity index is 738. The molecule has 1 fully saturated rings. The summed E-state index contributed by atoms with van der Waals surface area (Å²) in [5, 5.41) is 1.25.